The number of nitrogens with zero attached hydrogens (tertiary/aromatic N) is 2. The van der Waals surface area contributed by atoms with Gasteiger partial charge in [-0.1, -0.05) is 29.8 Å². The molecule has 0 spiro atoms. The maximum absolute atomic E-state index is 12.4. The molecule has 1 saturated heterocycles. The van der Waals surface area contributed by atoms with E-state index in [-0.39, 0.29) is 17.7 Å². The van der Waals surface area contributed by atoms with Gasteiger partial charge in [0.15, 0.2) is 0 Å². The fourth-order valence-electron chi connectivity index (χ4n) is 2.23. The van der Waals surface area contributed by atoms with E-state index in [0.29, 0.717) is 15.6 Å². The van der Waals surface area contributed by atoms with Crippen LogP contribution in [0.15, 0.2) is 47.4 Å². The van der Waals surface area contributed by atoms with Gasteiger partial charge in [0.2, 0.25) is 0 Å². The number of halogens is 1. The van der Waals surface area contributed by atoms with Gasteiger partial charge in [-0.3, -0.25) is 19.5 Å². The van der Waals surface area contributed by atoms with E-state index in [9.17, 15) is 9.59 Å². The first kappa shape index (κ1) is 15.8. The Morgan fingerprint density at radius 3 is 2.74 bits per heavy atom. The average Bonchev–Trinajstić information content (AvgIpc) is 2.75. The lowest BCUT2D eigenvalue weighted by Crippen LogP contribution is -2.27. The van der Waals surface area contributed by atoms with Gasteiger partial charge in [0, 0.05) is 10.7 Å². The van der Waals surface area contributed by atoms with E-state index in [1.54, 1.807) is 30.3 Å². The van der Waals surface area contributed by atoms with E-state index < -0.39 is 0 Å². The summed E-state index contributed by atoms with van der Waals surface area (Å²) in [5.41, 5.74) is 2.34. The Bertz CT molecular complexity index is 820. The molecule has 1 aromatic heterocycles. The molecule has 0 atom stereocenters. The molecule has 2 amide bonds. The predicted molar refractivity (Wildman–Crippen MR) is 91.9 cm³/mol. The third kappa shape index (κ3) is 3.63. The molecule has 0 bridgehead atoms. The number of hydrogen-bond donors (Lipinski definition) is 0. The van der Waals surface area contributed by atoms with Gasteiger partial charge in [-0.05, 0) is 54.6 Å². The molecule has 1 aromatic carbocycles. The third-order valence-electron chi connectivity index (χ3n) is 3.29. The first-order chi connectivity index (χ1) is 11.0. The van der Waals surface area contributed by atoms with Gasteiger partial charge >= 0.3 is 0 Å². The summed E-state index contributed by atoms with van der Waals surface area (Å²) in [7, 11) is 0. The van der Waals surface area contributed by atoms with Crippen LogP contribution in [0.4, 0.5) is 4.79 Å². The van der Waals surface area contributed by atoms with Crippen molar-refractivity contribution in [1.82, 2.24) is 9.88 Å². The summed E-state index contributed by atoms with van der Waals surface area (Å²) >= 11 is 6.87. The van der Waals surface area contributed by atoms with Crippen molar-refractivity contribution in [3.8, 4) is 0 Å². The Morgan fingerprint density at radius 2 is 2.00 bits per heavy atom. The summed E-state index contributed by atoms with van der Waals surface area (Å²) in [5.74, 6) is -0.303. The second kappa shape index (κ2) is 6.56. The van der Waals surface area contributed by atoms with Crippen LogP contribution in [-0.4, -0.2) is 21.0 Å². The van der Waals surface area contributed by atoms with Crippen LogP contribution in [0.25, 0.3) is 6.08 Å². The molecule has 1 aliphatic rings. The lowest BCUT2D eigenvalue weighted by atomic mass is 10.2. The van der Waals surface area contributed by atoms with Crippen LogP contribution in [0.3, 0.4) is 0 Å². The highest BCUT2D eigenvalue weighted by molar-refractivity contribution is 8.18. The average molecular weight is 345 g/mol. The molecule has 1 fully saturated rings. The molecule has 4 nitrogen and oxygen atoms in total. The van der Waals surface area contributed by atoms with Gasteiger partial charge in [0.25, 0.3) is 11.1 Å². The highest BCUT2D eigenvalue weighted by Gasteiger charge is 2.35. The molecule has 116 valence electrons. The fourth-order valence-corrected chi connectivity index (χ4v) is 3.27. The van der Waals surface area contributed by atoms with Crippen LogP contribution in [-0.2, 0) is 11.3 Å². The van der Waals surface area contributed by atoms with Crippen molar-refractivity contribution in [3.05, 3.63) is 69.3 Å². The first-order valence-electron chi connectivity index (χ1n) is 6.96. The molecular formula is C17H13ClN2O2S. The van der Waals surface area contributed by atoms with Gasteiger partial charge in [-0.2, -0.15) is 0 Å². The normalized spacial score (nSPS) is 16.4. The minimum atomic E-state index is -0.303. The van der Waals surface area contributed by atoms with Crippen LogP contribution in [0.1, 0.15) is 17.0 Å². The highest BCUT2D eigenvalue weighted by atomic mass is 35.5. The molecule has 1 aliphatic heterocycles. The van der Waals surface area contributed by atoms with Crippen LogP contribution in [0, 0.1) is 6.92 Å². The Hall–Kier alpha value is -2.11. The lowest BCUT2D eigenvalue weighted by Gasteiger charge is -2.12. The summed E-state index contributed by atoms with van der Waals surface area (Å²) in [4.78, 5) is 30.5. The maximum Gasteiger partial charge on any atom is 0.293 e. The summed E-state index contributed by atoms with van der Waals surface area (Å²) in [6.07, 6.45) is 1.65. The van der Waals surface area contributed by atoms with Crippen LogP contribution >= 0.6 is 23.4 Å². The number of amides is 2. The number of hydrogen-bond acceptors (Lipinski definition) is 4. The number of imide groups is 1. The number of pyridine rings is 1. The number of aromatic nitrogens is 1. The Labute approximate surface area is 143 Å². The lowest BCUT2D eigenvalue weighted by molar-refractivity contribution is -0.123. The summed E-state index contributed by atoms with van der Waals surface area (Å²) < 4.78 is 0. The van der Waals surface area contributed by atoms with E-state index in [1.165, 1.54) is 4.90 Å². The van der Waals surface area contributed by atoms with E-state index >= 15 is 0 Å². The minimum Gasteiger partial charge on any atom is -0.268 e. The smallest absolute Gasteiger partial charge is 0.268 e. The monoisotopic (exact) mass is 344 g/mol. The molecule has 0 N–H and O–H groups in total. The van der Waals surface area contributed by atoms with Crippen molar-refractivity contribution in [1.29, 1.82) is 0 Å². The fraction of sp³-hybridized carbons (Fsp3) is 0.118. The van der Waals surface area contributed by atoms with Crippen molar-refractivity contribution in [2.45, 2.75) is 13.5 Å². The minimum absolute atomic E-state index is 0.212. The number of rotatable bonds is 3. The van der Waals surface area contributed by atoms with Crippen LogP contribution in [0.2, 0.25) is 5.02 Å². The van der Waals surface area contributed by atoms with Crippen LogP contribution < -0.4 is 0 Å². The number of thioether (sulfide) groups is 1. The second-order valence-corrected chi connectivity index (χ2v) is 6.53. The Balaban J connectivity index is 1.82. The number of carbonyl (C=O) groups is 2. The molecule has 2 aromatic rings. The second-order valence-electron chi connectivity index (χ2n) is 5.10. The quantitative estimate of drug-likeness (QED) is 0.780. The molecule has 0 saturated carbocycles. The van der Waals surface area contributed by atoms with E-state index in [4.69, 9.17) is 11.6 Å². The Morgan fingerprint density at radius 1 is 1.22 bits per heavy atom. The SMILES string of the molecule is Cc1cccc(/C=C2\SC(=O)N(Cc3cccc(Cl)c3)C2=O)n1. The summed E-state index contributed by atoms with van der Waals surface area (Å²) in [6.45, 7) is 2.09. The third-order valence-corrected chi connectivity index (χ3v) is 4.43. The molecule has 0 radical (unpaired) electrons. The van der Waals surface area contributed by atoms with Crippen LogP contribution in [0.5, 0.6) is 0 Å². The van der Waals surface area contributed by atoms with Gasteiger partial charge in [0.05, 0.1) is 17.1 Å². The van der Waals surface area contributed by atoms with E-state index in [1.807, 2.05) is 25.1 Å². The van der Waals surface area contributed by atoms with Gasteiger partial charge in [0.1, 0.15) is 0 Å². The van der Waals surface area contributed by atoms with Crippen molar-refractivity contribution < 1.29 is 9.59 Å². The van der Waals surface area contributed by atoms with Crippen molar-refractivity contribution in [2.24, 2.45) is 0 Å². The molecule has 6 heteroatoms. The molecular weight excluding hydrogens is 332 g/mol. The van der Waals surface area contributed by atoms with Gasteiger partial charge in [-0.25, -0.2) is 0 Å². The largest absolute Gasteiger partial charge is 0.293 e. The zero-order valence-electron chi connectivity index (χ0n) is 12.3. The molecule has 0 aliphatic carbocycles. The first-order valence-corrected chi connectivity index (χ1v) is 8.16. The maximum atomic E-state index is 12.4. The number of aryl methyl sites for hydroxylation is 1. The number of carbonyl (C=O) groups excluding carboxylic acids is 2. The topological polar surface area (TPSA) is 50.3 Å². The van der Waals surface area contributed by atoms with E-state index in [0.717, 1.165) is 23.0 Å². The zero-order chi connectivity index (χ0) is 16.4. The van der Waals surface area contributed by atoms with Crippen molar-refractivity contribution >= 4 is 40.6 Å². The Kier molecular flexibility index (Phi) is 4.50. The van der Waals surface area contributed by atoms with Gasteiger partial charge in [-0.15, -0.1) is 0 Å². The number of benzene rings is 1. The summed E-state index contributed by atoms with van der Waals surface area (Å²) in [5, 5.41) is 0.294. The highest BCUT2D eigenvalue weighted by Crippen LogP contribution is 2.33. The molecule has 3 rings (SSSR count). The predicted octanol–water partition coefficient (Wildman–Crippen LogP) is 4.28. The molecule has 0 unspecified atom stereocenters. The van der Waals surface area contributed by atoms with Crippen molar-refractivity contribution in [2.75, 3.05) is 0 Å². The standard InChI is InChI=1S/C17H13ClN2O2S/c1-11-4-2-7-14(19-11)9-15-16(21)20(17(22)23-15)10-12-5-3-6-13(18)8-12/h2-9H,10H2,1H3/b15-9-. The zero-order valence-corrected chi connectivity index (χ0v) is 13.9. The van der Waals surface area contributed by atoms with Gasteiger partial charge < -0.3 is 0 Å². The molecule has 2 heterocycles. The molecule has 23 heavy (non-hydrogen) atoms. The van der Waals surface area contributed by atoms with Crippen molar-refractivity contribution in [3.63, 3.8) is 0 Å². The van der Waals surface area contributed by atoms with E-state index in [2.05, 4.69) is 4.98 Å². The summed E-state index contributed by atoms with van der Waals surface area (Å²) in [6, 6.07) is 12.7.